The molecule has 0 unspecified atom stereocenters. The lowest BCUT2D eigenvalue weighted by Crippen LogP contribution is -2.32. The fourth-order valence-corrected chi connectivity index (χ4v) is 3.42. The number of halogens is 2. The Balaban J connectivity index is 0.00000192. The number of hydrogen-bond acceptors (Lipinski definition) is 1. The van der Waals surface area contributed by atoms with Crippen molar-refractivity contribution in [1.29, 1.82) is 0 Å². The third-order valence-corrected chi connectivity index (χ3v) is 5.02. The number of benzene rings is 2. The number of likely N-dealkylation sites (tertiary alicyclic amines) is 1. The number of rotatable bonds is 4. The summed E-state index contributed by atoms with van der Waals surface area (Å²) in [4.78, 5) is 2.56. The third-order valence-electron chi connectivity index (χ3n) is 4.77. The van der Waals surface area contributed by atoms with Gasteiger partial charge in [-0.05, 0) is 67.1 Å². The fraction of sp³-hybridized carbons (Fsp3) is 0.400. The van der Waals surface area contributed by atoms with E-state index in [0.29, 0.717) is 0 Å². The minimum atomic E-state index is 0. The normalized spacial score (nSPS) is 16.1. The summed E-state index contributed by atoms with van der Waals surface area (Å²) in [5, 5.41) is 0.818. The molecule has 0 bridgehead atoms. The van der Waals surface area contributed by atoms with Crippen LogP contribution in [0.2, 0.25) is 5.02 Å². The summed E-state index contributed by atoms with van der Waals surface area (Å²) in [7, 11) is 0. The molecule has 1 aliphatic heterocycles. The second-order valence-corrected chi connectivity index (χ2v) is 6.71. The van der Waals surface area contributed by atoms with Gasteiger partial charge in [-0.2, -0.15) is 0 Å². The van der Waals surface area contributed by atoms with E-state index in [-0.39, 0.29) is 12.4 Å². The number of aryl methyl sites for hydroxylation is 1. The zero-order valence-electron chi connectivity index (χ0n) is 13.7. The predicted molar refractivity (Wildman–Crippen MR) is 102 cm³/mol. The van der Waals surface area contributed by atoms with Crippen molar-refractivity contribution in [2.45, 2.75) is 38.6 Å². The van der Waals surface area contributed by atoms with Crippen LogP contribution in [0.1, 0.15) is 42.4 Å². The Bertz CT molecular complexity index is 584. The van der Waals surface area contributed by atoms with E-state index < -0.39 is 0 Å². The lowest BCUT2D eigenvalue weighted by molar-refractivity contribution is 0.204. The quantitative estimate of drug-likeness (QED) is 0.683. The lowest BCUT2D eigenvalue weighted by atomic mass is 9.88. The van der Waals surface area contributed by atoms with E-state index in [1.54, 1.807) is 0 Å². The molecule has 1 fully saturated rings. The van der Waals surface area contributed by atoms with Gasteiger partial charge in [0, 0.05) is 11.6 Å². The summed E-state index contributed by atoms with van der Waals surface area (Å²) in [5.74, 6) is 0.729. The minimum Gasteiger partial charge on any atom is -0.299 e. The van der Waals surface area contributed by atoms with Crippen LogP contribution in [0, 0.1) is 0 Å². The van der Waals surface area contributed by atoms with Crippen LogP contribution >= 0.6 is 24.0 Å². The van der Waals surface area contributed by atoms with E-state index in [9.17, 15) is 0 Å². The SMILES string of the molecule is CCc1ccc(C2CCN(Cc3ccc(Cl)cc3)CC2)cc1.Cl. The van der Waals surface area contributed by atoms with Crippen molar-refractivity contribution >= 4 is 24.0 Å². The zero-order valence-corrected chi connectivity index (χ0v) is 15.2. The van der Waals surface area contributed by atoms with Crippen LogP contribution in [-0.2, 0) is 13.0 Å². The van der Waals surface area contributed by atoms with Gasteiger partial charge in [0.25, 0.3) is 0 Å². The van der Waals surface area contributed by atoms with Crippen LogP contribution in [0.4, 0.5) is 0 Å². The Morgan fingerprint density at radius 2 is 1.48 bits per heavy atom. The second kappa shape index (κ2) is 8.73. The van der Waals surface area contributed by atoms with Gasteiger partial charge in [-0.1, -0.05) is 54.9 Å². The molecule has 1 saturated heterocycles. The molecule has 2 aromatic carbocycles. The first kappa shape index (κ1) is 18.3. The molecule has 0 aliphatic carbocycles. The molecule has 1 heterocycles. The van der Waals surface area contributed by atoms with E-state index in [1.807, 2.05) is 12.1 Å². The van der Waals surface area contributed by atoms with E-state index in [2.05, 4.69) is 48.2 Å². The topological polar surface area (TPSA) is 3.24 Å². The van der Waals surface area contributed by atoms with Crippen molar-refractivity contribution in [3.05, 3.63) is 70.2 Å². The highest BCUT2D eigenvalue weighted by Crippen LogP contribution is 2.29. The molecule has 0 N–H and O–H groups in total. The number of nitrogens with zero attached hydrogens (tertiary/aromatic N) is 1. The molecule has 0 spiro atoms. The summed E-state index contributed by atoms with van der Waals surface area (Å²) in [6.45, 7) is 5.62. The van der Waals surface area contributed by atoms with Crippen LogP contribution in [0.15, 0.2) is 48.5 Å². The van der Waals surface area contributed by atoms with Crippen molar-refractivity contribution in [3.8, 4) is 0 Å². The van der Waals surface area contributed by atoms with Gasteiger partial charge in [0.05, 0.1) is 0 Å². The molecular formula is C20H25Cl2N. The van der Waals surface area contributed by atoms with Crippen molar-refractivity contribution in [2.75, 3.05) is 13.1 Å². The van der Waals surface area contributed by atoms with E-state index in [4.69, 9.17) is 11.6 Å². The fourth-order valence-electron chi connectivity index (χ4n) is 3.30. The van der Waals surface area contributed by atoms with E-state index in [1.165, 1.54) is 42.6 Å². The van der Waals surface area contributed by atoms with E-state index in [0.717, 1.165) is 23.9 Å². The molecule has 23 heavy (non-hydrogen) atoms. The molecule has 0 radical (unpaired) electrons. The molecule has 1 aliphatic rings. The summed E-state index contributed by atoms with van der Waals surface area (Å²) in [5.41, 5.74) is 4.31. The molecule has 124 valence electrons. The van der Waals surface area contributed by atoms with Crippen LogP contribution in [0.25, 0.3) is 0 Å². The first-order valence-electron chi connectivity index (χ1n) is 8.30. The van der Waals surface area contributed by atoms with Crippen molar-refractivity contribution in [2.24, 2.45) is 0 Å². The maximum Gasteiger partial charge on any atom is 0.0406 e. The maximum atomic E-state index is 5.95. The first-order valence-corrected chi connectivity index (χ1v) is 8.68. The molecule has 1 nitrogen and oxygen atoms in total. The zero-order chi connectivity index (χ0) is 15.4. The standard InChI is InChI=1S/C20H24ClN.ClH/c1-2-16-3-7-18(8-4-16)19-11-13-22(14-12-19)15-17-5-9-20(21)10-6-17;/h3-10,19H,2,11-15H2,1H3;1H. The van der Waals surface area contributed by atoms with Gasteiger partial charge in [0.1, 0.15) is 0 Å². The van der Waals surface area contributed by atoms with Crippen molar-refractivity contribution in [1.82, 2.24) is 4.90 Å². The van der Waals surface area contributed by atoms with Crippen LogP contribution in [0.5, 0.6) is 0 Å². The Hall–Kier alpha value is -1.02. The Morgan fingerprint density at radius 3 is 2.04 bits per heavy atom. The van der Waals surface area contributed by atoms with Gasteiger partial charge >= 0.3 is 0 Å². The summed E-state index contributed by atoms with van der Waals surface area (Å²) in [6, 6.07) is 17.5. The second-order valence-electron chi connectivity index (χ2n) is 6.27. The molecular weight excluding hydrogens is 325 g/mol. The maximum absolute atomic E-state index is 5.95. The number of piperidine rings is 1. The highest BCUT2D eigenvalue weighted by molar-refractivity contribution is 6.30. The summed E-state index contributed by atoms with van der Waals surface area (Å²) in [6.07, 6.45) is 3.65. The molecule has 0 aromatic heterocycles. The molecule has 3 rings (SSSR count). The van der Waals surface area contributed by atoms with Crippen LogP contribution in [-0.4, -0.2) is 18.0 Å². The Morgan fingerprint density at radius 1 is 0.913 bits per heavy atom. The molecule has 2 aromatic rings. The monoisotopic (exact) mass is 349 g/mol. The molecule has 3 heteroatoms. The lowest BCUT2D eigenvalue weighted by Gasteiger charge is -2.32. The van der Waals surface area contributed by atoms with Crippen molar-refractivity contribution < 1.29 is 0 Å². The third kappa shape index (κ3) is 4.97. The predicted octanol–water partition coefficient (Wildman–Crippen LogP) is 5.70. The Kier molecular flexibility index (Phi) is 6.95. The molecule has 0 atom stereocenters. The highest BCUT2D eigenvalue weighted by atomic mass is 35.5. The number of hydrogen-bond donors (Lipinski definition) is 0. The highest BCUT2D eigenvalue weighted by Gasteiger charge is 2.20. The van der Waals surface area contributed by atoms with Gasteiger partial charge in [-0.25, -0.2) is 0 Å². The van der Waals surface area contributed by atoms with Crippen LogP contribution < -0.4 is 0 Å². The largest absolute Gasteiger partial charge is 0.299 e. The van der Waals surface area contributed by atoms with Gasteiger partial charge < -0.3 is 0 Å². The molecule has 0 amide bonds. The minimum absolute atomic E-state index is 0. The van der Waals surface area contributed by atoms with Gasteiger partial charge in [0.15, 0.2) is 0 Å². The van der Waals surface area contributed by atoms with Gasteiger partial charge in [-0.15, -0.1) is 12.4 Å². The molecule has 0 saturated carbocycles. The van der Waals surface area contributed by atoms with E-state index >= 15 is 0 Å². The summed E-state index contributed by atoms with van der Waals surface area (Å²) < 4.78 is 0. The average Bonchev–Trinajstić information content (AvgIpc) is 2.58. The Labute approximate surface area is 151 Å². The summed E-state index contributed by atoms with van der Waals surface area (Å²) >= 11 is 5.95. The van der Waals surface area contributed by atoms with Gasteiger partial charge in [-0.3, -0.25) is 4.90 Å². The average molecular weight is 350 g/mol. The van der Waals surface area contributed by atoms with Crippen LogP contribution in [0.3, 0.4) is 0 Å². The van der Waals surface area contributed by atoms with Crippen molar-refractivity contribution in [3.63, 3.8) is 0 Å². The smallest absolute Gasteiger partial charge is 0.0406 e. The first-order chi connectivity index (χ1) is 10.7. The van der Waals surface area contributed by atoms with Gasteiger partial charge in [0.2, 0.25) is 0 Å².